The molecule has 0 aliphatic heterocycles. The van der Waals surface area contributed by atoms with Crippen molar-refractivity contribution in [3.05, 3.63) is 70.8 Å². The van der Waals surface area contributed by atoms with Crippen molar-refractivity contribution in [2.45, 2.75) is 28.2 Å². The first-order valence-electron chi connectivity index (χ1n) is 7.42. The zero-order valence-electron chi connectivity index (χ0n) is 12.0. The molecule has 0 radical (unpaired) electrons. The van der Waals surface area contributed by atoms with Gasteiger partial charge in [-0.3, -0.25) is 0 Å². The SMILES string of the molecule is O=C(O[C@@H]1CC2c3ccccc3C1c1ccccc12)C(Cl)(Cl)Cl. The van der Waals surface area contributed by atoms with E-state index in [-0.39, 0.29) is 17.9 Å². The smallest absolute Gasteiger partial charge is 0.358 e. The van der Waals surface area contributed by atoms with Gasteiger partial charge in [-0.2, -0.15) is 0 Å². The van der Waals surface area contributed by atoms with Crippen LogP contribution in [0.15, 0.2) is 48.5 Å². The maximum Gasteiger partial charge on any atom is 0.358 e. The molecule has 2 bridgehead atoms. The number of esters is 1. The quantitative estimate of drug-likeness (QED) is 0.526. The molecule has 5 rings (SSSR count). The van der Waals surface area contributed by atoms with Crippen LogP contribution >= 0.6 is 34.8 Å². The fourth-order valence-corrected chi connectivity index (χ4v) is 4.03. The van der Waals surface area contributed by atoms with E-state index in [1.54, 1.807) is 0 Å². The second kappa shape index (κ2) is 5.41. The lowest BCUT2D eigenvalue weighted by atomic mass is 9.62. The van der Waals surface area contributed by atoms with Crippen LogP contribution in [0.25, 0.3) is 0 Å². The normalized spacial score (nSPS) is 24.7. The predicted molar refractivity (Wildman–Crippen MR) is 91.4 cm³/mol. The van der Waals surface area contributed by atoms with Crippen LogP contribution in [0.2, 0.25) is 0 Å². The second-order valence-electron chi connectivity index (χ2n) is 5.97. The molecular weight excluding hydrogens is 355 g/mol. The van der Waals surface area contributed by atoms with Gasteiger partial charge in [0.05, 0.1) is 0 Å². The summed E-state index contributed by atoms with van der Waals surface area (Å²) < 4.78 is 3.52. The molecule has 3 aliphatic rings. The molecule has 1 atom stereocenters. The largest absolute Gasteiger partial charge is 0.458 e. The van der Waals surface area contributed by atoms with Crippen molar-refractivity contribution in [2.24, 2.45) is 0 Å². The van der Waals surface area contributed by atoms with Gasteiger partial charge in [-0.25, -0.2) is 4.79 Å². The van der Waals surface area contributed by atoms with Gasteiger partial charge in [-0.15, -0.1) is 0 Å². The van der Waals surface area contributed by atoms with E-state index in [1.807, 2.05) is 24.3 Å². The van der Waals surface area contributed by atoms with Crippen LogP contribution in [0.3, 0.4) is 0 Å². The number of rotatable bonds is 1. The maximum atomic E-state index is 12.0. The molecule has 0 saturated carbocycles. The number of alkyl halides is 3. The number of ether oxygens (including phenoxy) is 1. The summed E-state index contributed by atoms with van der Waals surface area (Å²) in [7, 11) is 0. The Bertz CT molecular complexity index is 734. The summed E-state index contributed by atoms with van der Waals surface area (Å²) in [6.45, 7) is 0. The van der Waals surface area contributed by atoms with Crippen molar-refractivity contribution >= 4 is 40.8 Å². The summed E-state index contributed by atoms with van der Waals surface area (Å²) in [4.78, 5) is 12.0. The number of halogens is 3. The van der Waals surface area contributed by atoms with Crippen molar-refractivity contribution in [1.82, 2.24) is 0 Å². The monoisotopic (exact) mass is 366 g/mol. The first-order valence-corrected chi connectivity index (χ1v) is 8.55. The number of carbonyl (C=O) groups is 1. The lowest BCUT2D eigenvalue weighted by molar-refractivity contribution is -0.149. The second-order valence-corrected chi connectivity index (χ2v) is 8.25. The standard InChI is InChI=1S/C18H13Cl3O2/c19-18(20,21)17(22)23-15-9-14-10-5-1-3-7-12(10)16(15)13-8-4-2-6-11(13)14/h1-8,14-16H,9H2/t14?,15-,16?/m1/s1. The van der Waals surface area contributed by atoms with Crippen molar-refractivity contribution in [1.29, 1.82) is 0 Å². The van der Waals surface area contributed by atoms with Gasteiger partial charge in [0.15, 0.2) is 0 Å². The molecule has 2 nitrogen and oxygen atoms in total. The maximum absolute atomic E-state index is 12.0. The molecule has 5 heteroatoms. The van der Waals surface area contributed by atoms with E-state index in [9.17, 15) is 4.79 Å². The molecule has 2 aromatic carbocycles. The summed E-state index contributed by atoms with van der Waals surface area (Å²) in [5.74, 6) is -0.612. The summed E-state index contributed by atoms with van der Waals surface area (Å²) in [5.41, 5.74) is 5.00. The lowest BCUT2D eigenvalue weighted by Crippen LogP contribution is -2.40. The third-order valence-electron chi connectivity index (χ3n) is 4.74. The fraction of sp³-hybridized carbons (Fsp3) is 0.278. The molecule has 3 aliphatic carbocycles. The van der Waals surface area contributed by atoms with Crippen LogP contribution in [-0.4, -0.2) is 15.9 Å². The first-order chi connectivity index (χ1) is 11.0. The molecule has 0 amide bonds. The zero-order valence-corrected chi connectivity index (χ0v) is 14.3. The highest BCUT2D eigenvalue weighted by Crippen LogP contribution is 2.53. The minimum atomic E-state index is -2.05. The first kappa shape index (κ1) is 15.3. The lowest BCUT2D eigenvalue weighted by Gasteiger charge is -2.45. The predicted octanol–water partition coefficient (Wildman–Crippen LogP) is 4.95. The number of hydrogen-bond donors (Lipinski definition) is 0. The van der Waals surface area contributed by atoms with E-state index in [0.717, 1.165) is 0 Å². The Balaban J connectivity index is 1.79. The third kappa shape index (κ3) is 2.44. The fourth-order valence-electron chi connectivity index (χ4n) is 3.90. The topological polar surface area (TPSA) is 26.3 Å². The molecule has 118 valence electrons. The van der Waals surface area contributed by atoms with Crippen LogP contribution < -0.4 is 0 Å². The molecule has 0 spiro atoms. The number of hydrogen-bond acceptors (Lipinski definition) is 2. The van der Waals surface area contributed by atoms with Gasteiger partial charge >= 0.3 is 5.97 Å². The van der Waals surface area contributed by atoms with Gasteiger partial charge in [-0.1, -0.05) is 83.3 Å². The van der Waals surface area contributed by atoms with Crippen LogP contribution in [0.5, 0.6) is 0 Å². The van der Waals surface area contributed by atoms with Gasteiger partial charge in [0.2, 0.25) is 0 Å². The highest BCUT2D eigenvalue weighted by molar-refractivity contribution is 6.75. The van der Waals surface area contributed by atoms with Gasteiger partial charge in [-0.05, 0) is 28.7 Å². The Morgan fingerprint density at radius 1 is 0.913 bits per heavy atom. The third-order valence-corrected chi connectivity index (χ3v) is 5.21. The zero-order chi connectivity index (χ0) is 16.2. The Morgan fingerprint density at radius 3 is 1.87 bits per heavy atom. The van der Waals surface area contributed by atoms with E-state index in [1.165, 1.54) is 22.3 Å². The van der Waals surface area contributed by atoms with Gasteiger partial charge in [0.1, 0.15) is 6.10 Å². The molecular formula is C18H13Cl3O2. The number of fused-ring (bicyclic) bond motifs is 1. The number of benzene rings is 2. The van der Waals surface area contributed by atoms with Gasteiger partial charge in [0.25, 0.3) is 3.79 Å². The van der Waals surface area contributed by atoms with Crippen LogP contribution in [0, 0.1) is 0 Å². The summed E-state index contributed by atoms with van der Waals surface area (Å²) >= 11 is 17.0. The minimum Gasteiger partial charge on any atom is -0.458 e. The van der Waals surface area contributed by atoms with Crippen molar-refractivity contribution < 1.29 is 9.53 Å². The Labute approximate surface area is 149 Å². The number of carbonyl (C=O) groups excluding carboxylic acids is 1. The van der Waals surface area contributed by atoms with Crippen LogP contribution in [0.4, 0.5) is 0 Å². The van der Waals surface area contributed by atoms with Crippen molar-refractivity contribution in [3.63, 3.8) is 0 Å². The highest BCUT2D eigenvalue weighted by atomic mass is 35.6. The molecule has 2 aromatic rings. The van der Waals surface area contributed by atoms with E-state index < -0.39 is 9.76 Å². The van der Waals surface area contributed by atoms with E-state index in [0.29, 0.717) is 6.42 Å². The van der Waals surface area contributed by atoms with Gasteiger partial charge in [0, 0.05) is 11.8 Å². The van der Waals surface area contributed by atoms with E-state index in [4.69, 9.17) is 39.5 Å². The van der Waals surface area contributed by atoms with Crippen molar-refractivity contribution in [2.75, 3.05) is 0 Å². The summed E-state index contributed by atoms with van der Waals surface area (Å²) in [6.07, 6.45) is 0.401. The van der Waals surface area contributed by atoms with Crippen LogP contribution in [-0.2, 0) is 9.53 Å². The minimum absolute atomic E-state index is 0.0105. The van der Waals surface area contributed by atoms with E-state index in [2.05, 4.69) is 24.3 Å². The molecule has 0 fully saturated rings. The molecule has 0 N–H and O–H groups in total. The molecule has 0 unspecified atom stereocenters. The summed E-state index contributed by atoms with van der Waals surface area (Å²) in [6, 6.07) is 16.6. The highest BCUT2D eigenvalue weighted by Gasteiger charge is 2.46. The van der Waals surface area contributed by atoms with E-state index >= 15 is 0 Å². The Hall–Kier alpha value is -1.22. The molecule has 23 heavy (non-hydrogen) atoms. The Morgan fingerprint density at radius 2 is 1.39 bits per heavy atom. The average Bonchev–Trinajstić information content (AvgIpc) is 2.54. The van der Waals surface area contributed by atoms with Crippen LogP contribution in [0.1, 0.15) is 40.5 Å². The molecule has 0 saturated heterocycles. The summed E-state index contributed by atoms with van der Waals surface area (Å²) in [5, 5.41) is 0. The van der Waals surface area contributed by atoms with Crippen molar-refractivity contribution in [3.8, 4) is 0 Å². The molecule has 0 aromatic heterocycles. The Kier molecular flexibility index (Phi) is 3.60. The van der Waals surface area contributed by atoms with Gasteiger partial charge < -0.3 is 4.74 Å². The average molecular weight is 368 g/mol. The molecule has 0 heterocycles.